The number of hydrogen-bond donors (Lipinski definition) is 2. The average molecular weight is 476 g/mol. The van der Waals surface area contributed by atoms with E-state index < -0.39 is 0 Å². The number of aromatic nitrogens is 1. The van der Waals surface area contributed by atoms with Crippen LogP contribution in [-0.4, -0.2) is 59.0 Å². The van der Waals surface area contributed by atoms with Gasteiger partial charge in [0.15, 0.2) is 4.34 Å². The maximum absolute atomic E-state index is 12.2. The Morgan fingerprint density at radius 1 is 1.45 bits per heavy atom. The standard InChI is InChI=1S/C19H23Cl2N3O3S2/c1-12-17(10-25)29-19(23-12)28-11-18(26)22-7-14-9-24(4-5-27-14)8-13-2-3-15(20)16(21)6-13/h2-3,6,14,25H,4-5,7-11H2,1H3,(H,22,26). The van der Waals surface area contributed by atoms with Gasteiger partial charge >= 0.3 is 0 Å². The molecule has 0 bridgehead atoms. The van der Waals surface area contributed by atoms with Gasteiger partial charge in [-0.25, -0.2) is 4.98 Å². The number of ether oxygens (including phenoxy) is 1. The number of amides is 1. The molecule has 1 saturated heterocycles. The molecule has 2 aromatic rings. The molecule has 1 amide bonds. The molecule has 0 radical (unpaired) electrons. The molecular formula is C19H23Cl2N3O3S2. The van der Waals surface area contributed by atoms with E-state index in [0.29, 0.717) is 23.2 Å². The predicted molar refractivity (Wildman–Crippen MR) is 118 cm³/mol. The lowest BCUT2D eigenvalue weighted by atomic mass is 10.2. The minimum atomic E-state index is -0.0568. The highest BCUT2D eigenvalue weighted by Crippen LogP contribution is 2.27. The van der Waals surface area contributed by atoms with Gasteiger partial charge in [0.25, 0.3) is 0 Å². The van der Waals surface area contributed by atoms with Gasteiger partial charge in [-0.2, -0.15) is 0 Å². The lowest BCUT2D eigenvalue weighted by Crippen LogP contribution is -2.47. The summed E-state index contributed by atoms with van der Waals surface area (Å²) in [7, 11) is 0. The van der Waals surface area contributed by atoms with Crippen molar-refractivity contribution in [2.75, 3.05) is 32.0 Å². The zero-order chi connectivity index (χ0) is 20.8. The number of aliphatic hydroxyl groups is 1. The molecule has 6 nitrogen and oxygen atoms in total. The summed E-state index contributed by atoms with van der Waals surface area (Å²) in [5.41, 5.74) is 1.92. The molecule has 1 atom stereocenters. The number of halogens is 2. The minimum Gasteiger partial charge on any atom is -0.391 e. The number of thioether (sulfide) groups is 1. The first-order valence-corrected chi connectivity index (χ1v) is 11.7. The summed E-state index contributed by atoms with van der Waals surface area (Å²) in [4.78, 5) is 19.6. The fourth-order valence-corrected chi connectivity index (χ4v) is 5.20. The molecule has 0 saturated carbocycles. The van der Waals surface area contributed by atoms with Gasteiger partial charge in [-0.05, 0) is 24.6 Å². The van der Waals surface area contributed by atoms with E-state index in [9.17, 15) is 9.90 Å². The monoisotopic (exact) mass is 475 g/mol. The van der Waals surface area contributed by atoms with Crippen molar-refractivity contribution in [2.24, 2.45) is 0 Å². The number of nitrogens with one attached hydrogen (secondary N) is 1. The van der Waals surface area contributed by atoms with Gasteiger partial charge in [-0.15, -0.1) is 11.3 Å². The molecule has 158 valence electrons. The van der Waals surface area contributed by atoms with E-state index >= 15 is 0 Å². The van der Waals surface area contributed by atoms with E-state index in [1.807, 2.05) is 25.1 Å². The molecule has 0 spiro atoms. The van der Waals surface area contributed by atoms with Crippen LogP contribution in [0.2, 0.25) is 10.0 Å². The molecule has 29 heavy (non-hydrogen) atoms. The smallest absolute Gasteiger partial charge is 0.230 e. The van der Waals surface area contributed by atoms with Crippen molar-refractivity contribution in [3.8, 4) is 0 Å². The number of carbonyl (C=O) groups is 1. The van der Waals surface area contributed by atoms with E-state index in [1.54, 1.807) is 0 Å². The Morgan fingerprint density at radius 2 is 2.28 bits per heavy atom. The highest BCUT2D eigenvalue weighted by Gasteiger charge is 2.21. The number of nitrogens with zero attached hydrogens (tertiary/aromatic N) is 2. The lowest BCUT2D eigenvalue weighted by Gasteiger charge is -2.33. The number of hydrogen-bond acceptors (Lipinski definition) is 7. The number of benzene rings is 1. The van der Waals surface area contributed by atoms with Crippen LogP contribution in [0.15, 0.2) is 22.5 Å². The normalized spacial score (nSPS) is 17.4. The van der Waals surface area contributed by atoms with Crippen molar-refractivity contribution in [3.63, 3.8) is 0 Å². The molecule has 1 aromatic heterocycles. The largest absolute Gasteiger partial charge is 0.391 e. The van der Waals surface area contributed by atoms with Gasteiger partial charge in [0.1, 0.15) is 0 Å². The third kappa shape index (κ3) is 6.82. The molecule has 10 heteroatoms. The number of thiazole rings is 1. The summed E-state index contributed by atoms with van der Waals surface area (Å²) >= 11 is 14.9. The molecule has 1 aromatic carbocycles. The number of aryl methyl sites for hydroxylation is 1. The summed E-state index contributed by atoms with van der Waals surface area (Å²) in [5, 5.41) is 13.3. The maximum Gasteiger partial charge on any atom is 0.230 e. The van der Waals surface area contributed by atoms with Crippen molar-refractivity contribution < 1.29 is 14.6 Å². The van der Waals surface area contributed by atoms with Crippen LogP contribution in [0.4, 0.5) is 0 Å². The van der Waals surface area contributed by atoms with E-state index in [4.69, 9.17) is 27.9 Å². The number of morpholine rings is 1. The first-order chi connectivity index (χ1) is 13.9. The van der Waals surface area contributed by atoms with Gasteiger partial charge in [0.2, 0.25) is 5.91 Å². The summed E-state index contributed by atoms with van der Waals surface area (Å²) in [6.45, 7) is 5.26. The second kappa shape index (κ2) is 10.9. The number of carbonyl (C=O) groups excluding carboxylic acids is 1. The molecule has 2 heterocycles. The van der Waals surface area contributed by atoms with Crippen molar-refractivity contribution >= 4 is 52.2 Å². The first kappa shape index (κ1) is 22.8. The highest BCUT2D eigenvalue weighted by molar-refractivity contribution is 8.01. The average Bonchev–Trinajstić information content (AvgIpc) is 3.07. The van der Waals surface area contributed by atoms with Crippen molar-refractivity contribution in [2.45, 2.75) is 30.5 Å². The molecule has 2 N–H and O–H groups in total. The van der Waals surface area contributed by atoms with Gasteiger partial charge < -0.3 is 15.2 Å². The van der Waals surface area contributed by atoms with Gasteiger partial charge in [-0.1, -0.05) is 41.0 Å². The van der Waals surface area contributed by atoms with E-state index in [2.05, 4.69) is 15.2 Å². The van der Waals surface area contributed by atoms with Crippen LogP contribution in [0.5, 0.6) is 0 Å². The highest BCUT2D eigenvalue weighted by atomic mass is 35.5. The van der Waals surface area contributed by atoms with Gasteiger partial charge in [0.05, 0.1) is 45.7 Å². The Balaban J connectivity index is 1.41. The second-order valence-corrected chi connectivity index (χ2v) is 9.84. The Hall–Kier alpha value is -0.870. The summed E-state index contributed by atoms with van der Waals surface area (Å²) in [6, 6.07) is 5.67. The molecule has 1 aliphatic heterocycles. The van der Waals surface area contributed by atoms with Crippen LogP contribution < -0.4 is 5.32 Å². The molecular weight excluding hydrogens is 453 g/mol. The molecule has 3 rings (SSSR count). The lowest BCUT2D eigenvalue weighted by molar-refractivity contribution is -0.119. The summed E-state index contributed by atoms with van der Waals surface area (Å²) in [5.74, 6) is 0.232. The number of aliphatic hydroxyl groups excluding tert-OH is 1. The van der Waals surface area contributed by atoms with Crippen LogP contribution in [0, 0.1) is 6.92 Å². The SMILES string of the molecule is Cc1nc(SCC(=O)NCC2CN(Cc3ccc(Cl)c(Cl)c3)CCO2)sc1CO. The molecule has 1 unspecified atom stereocenters. The van der Waals surface area contributed by atoms with E-state index in [0.717, 1.165) is 40.1 Å². The maximum atomic E-state index is 12.2. The van der Waals surface area contributed by atoms with Crippen molar-refractivity contribution in [3.05, 3.63) is 44.4 Å². The Kier molecular flexibility index (Phi) is 8.61. The zero-order valence-corrected chi connectivity index (χ0v) is 19.1. The van der Waals surface area contributed by atoms with Crippen molar-refractivity contribution in [1.82, 2.24) is 15.2 Å². The Morgan fingerprint density at radius 3 is 3.00 bits per heavy atom. The van der Waals surface area contributed by atoms with Crippen LogP contribution in [0.3, 0.4) is 0 Å². The van der Waals surface area contributed by atoms with Crippen LogP contribution in [0.25, 0.3) is 0 Å². The van der Waals surface area contributed by atoms with Gasteiger partial charge in [-0.3, -0.25) is 9.69 Å². The zero-order valence-electron chi connectivity index (χ0n) is 16.0. The van der Waals surface area contributed by atoms with Crippen molar-refractivity contribution in [1.29, 1.82) is 0 Å². The van der Waals surface area contributed by atoms with Crippen LogP contribution >= 0.6 is 46.3 Å². The quantitative estimate of drug-likeness (QED) is 0.570. The van der Waals surface area contributed by atoms with E-state index in [-0.39, 0.29) is 24.4 Å². The molecule has 0 aliphatic carbocycles. The van der Waals surface area contributed by atoms with Gasteiger partial charge in [0, 0.05) is 26.2 Å². The third-order valence-electron chi connectivity index (χ3n) is 4.48. The first-order valence-electron chi connectivity index (χ1n) is 9.19. The topological polar surface area (TPSA) is 74.7 Å². The molecule has 1 aliphatic rings. The Labute approximate surface area is 188 Å². The fraction of sp³-hybridized carbons (Fsp3) is 0.474. The van der Waals surface area contributed by atoms with Crippen LogP contribution in [0.1, 0.15) is 16.1 Å². The van der Waals surface area contributed by atoms with E-state index in [1.165, 1.54) is 23.1 Å². The Bertz CT molecular complexity index is 850. The summed E-state index contributed by atoms with van der Waals surface area (Å²) in [6.07, 6.45) is -0.0522. The summed E-state index contributed by atoms with van der Waals surface area (Å²) < 4.78 is 6.58. The molecule has 1 fully saturated rings. The number of rotatable bonds is 8. The second-order valence-electron chi connectivity index (χ2n) is 6.72. The minimum absolute atomic E-state index is 0.0198. The fourth-order valence-electron chi connectivity index (χ4n) is 2.96. The predicted octanol–water partition coefficient (Wildman–Crippen LogP) is 3.36. The third-order valence-corrected chi connectivity index (χ3v) is 7.51. The van der Waals surface area contributed by atoms with Crippen LogP contribution in [-0.2, 0) is 22.7 Å².